The normalized spacial score (nSPS) is 9.67. The minimum absolute atomic E-state index is 1.09. The predicted molar refractivity (Wildman–Crippen MR) is 48.5 cm³/mol. The van der Waals surface area contributed by atoms with Gasteiger partial charge in [-0.3, -0.25) is 4.98 Å². The molecule has 0 atom stereocenters. The standard InChI is InChI=1S/C11H8N/c1-2-4-10(5-3-1)11-6-8-12-9-7-11/h1-6,8-9H. The number of hydrogen-bond donors (Lipinski definition) is 0. The molecular weight excluding hydrogens is 146 g/mol. The molecule has 0 aliphatic carbocycles. The van der Waals surface area contributed by atoms with Crippen LogP contribution in [0.25, 0.3) is 11.1 Å². The molecule has 2 rings (SSSR count). The lowest BCUT2D eigenvalue weighted by molar-refractivity contribution is 1.32. The summed E-state index contributed by atoms with van der Waals surface area (Å²) in [7, 11) is 0. The molecule has 2 aromatic rings. The van der Waals surface area contributed by atoms with E-state index in [1.165, 1.54) is 5.56 Å². The highest BCUT2D eigenvalue weighted by molar-refractivity contribution is 5.61. The summed E-state index contributed by atoms with van der Waals surface area (Å²) in [6, 6.07) is 15.2. The van der Waals surface area contributed by atoms with Crippen LogP contribution in [-0.2, 0) is 0 Å². The molecule has 0 amide bonds. The second-order valence-corrected chi connectivity index (χ2v) is 2.52. The van der Waals surface area contributed by atoms with Gasteiger partial charge in [0.2, 0.25) is 0 Å². The van der Waals surface area contributed by atoms with E-state index in [9.17, 15) is 0 Å². The van der Waals surface area contributed by atoms with Crippen LogP contribution in [-0.4, -0.2) is 4.98 Å². The van der Waals surface area contributed by atoms with Gasteiger partial charge in [-0.05, 0) is 17.2 Å². The van der Waals surface area contributed by atoms with Crippen LogP contribution in [0.3, 0.4) is 0 Å². The van der Waals surface area contributed by atoms with E-state index in [4.69, 9.17) is 0 Å². The minimum Gasteiger partial charge on any atom is -0.264 e. The molecule has 0 spiro atoms. The van der Waals surface area contributed by atoms with Crippen molar-refractivity contribution in [3.05, 3.63) is 54.9 Å². The molecule has 0 unspecified atom stereocenters. The Morgan fingerprint density at radius 3 is 2.50 bits per heavy atom. The second kappa shape index (κ2) is 3.18. The number of aromatic nitrogens is 1. The largest absolute Gasteiger partial charge is 0.264 e. The first-order chi connectivity index (χ1) is 5.97. The van der Waals surface area contributed by atoms with Gasteiger partial charge in [0.05, 0.1) is 0 Å². The van der Waals surface area contributed by atoms with E-state index in [0.29, 0.717) is 0 Å². The molecule has 0 N–H and O–H groups in total. The van der Waals surface area contributed by atoms with E-state index < -0.39 is 0 Å². The Hall–Kier alpha value is -1.63. The van der Waals surface area contributed by atoms with Gasteiger partial charge in [0.25, 0.3) is 0 Å². The van der Waals surface area contributed by atoms with Crippen LogP contribution in [0.2, 0.25) is 0 Å². The Balaban J connectivity index is 2.46. The zero-order valence-corrected chi connectivity index (χ0v) is 6.57. The van der Waals surface area contributed by atoms with E-state index in [0.717, 1.165) is 5.56 Å². The first-order valence-electron chi connectivity index (χ1n) is 3.84. The summed E-state index contributed by atoms with van der Waals surface area (Å²) in [6.07, 6.45) is 3.46. The number of pyridine rings is 1. The summed E-state index contributed by atoms with van der Waals surface area (Å²) in [4.78, 5) is 3.92. The van der Waals surface area contributed by atoms with Crippen molar-refractivity contribution in [1.82, 2.24) is 4.98 Å². The highest BCUT2D eigenvalue weighted by atomic mass is 14.6. The average Bonchev–Trinajstić information content (AvgIpc) is 2.21. The molecule has 0 aliphatic rings. The zero-order chi connectivity index (χ0) is 8.23. The molecule has 1 heteroatoms. The minimum atomic E-state index is 1.09. The highest BCUT2D eigenvalue weighted by Gasteiger charge is 1.92. The van der Waals surface area contributed by atoms with Gasteiger partial charge in [-0.25, -0.2) is 0 Å². The molecule has 1 radical (unpaired) electrons. The zero-order valence-electron chi connectivity index (χ0n) is 6.57. The molecule has 0 bridgehead atoms. The van der Waals surface area contributed by atoms with E-state index in [1.807, 2.05) is 24.3 Å². The number of hydrogen-bond acceptors (Lipinski definition) is 1. The van der Waals surface area contributed by atoms with Crippen molar-refractivity contribution >= 4 is 0 Å². The SMILES string of the molecule is [c]1cnccc1-c1ccccc1. The van der Waals surface area contributed by atoms with Crippen LogP contribution < -0.4 is 0 Å². The van der Waals surface area contributed by atoms with Gasteiger partial charge in [0, 0.05) is 18.5 Å². The Morgan fingerprint density at radius 1 is 1.00 bits per heavy atom. The van der Waals surface area contributed by atoms with Crippen LogP contribution in [0, 0.1) is 6.07 Å². The quantitative estimate of drug-likeness (QED) is 0.615. The van der Waals surface area contributed by atoms with Gasteiger partial charge in [-0.1, -0.05) is 30.3 Å². The van der Waals surface area contributed by atoms with Crippen molar-refractivity contribution in [1.29, 1.82) is 0 Å². The van der Waals surface area contributed by atoms with Crippen LogP contribution in [0.15, 0.2) is 48.8 Å². The fourth-order valence-corrected chi connectivity index (χ4v) is 1.11. The van der Waals surface area contributed by atoms with Crippen molar-refractivity contribution in [2.45, 2.75) is 0 Å². The first kappa shape index (κ1) is 7.04. The van der Waals surface area contributed by atoms with E-state index in [-0.39, 0.29) is 0 Å². The maximum absolute atomic E-state index is 3.92. The Morgan fingerprint density at radius 2 is 1.83 bits per heavy atom. The van der Waals surface area contributed by atoms with Crippen molar-refractivity contribution in [3.63, 3.8) is 0 Å². The van der Waals surface area contributed by atoms with Gasteiger partial charge < -0.3 is 0 Å². The fraction of sp³-hybridized carbons (Fsp3) is 0. The van der Waals surface area contributed by atoms with Crippen molar-refractivity contribution in [3.8, 4) is 11.1 Å². The lowest BCUT2D eigenvalue weighted by Crippen LogP contribution is -1.76. The van der Waals surface area contributed by atoms with E-state index in [2.05, 4.69) is 23.2 Å². The van der Waals surface area contributed by atoms with Gasteiger partial charge >= 0.3 is 0 Å². The fourth-order valence-electron chi connectivity index (χ4n) is 1.11. The lowest BCUT2D eigenvalue weighted by atomic mass is 10.1. The number of rotatable bonds is 1. The van der Waals surface area contributed by atoms with Gasteiger partial charge in [0.15, 0.2) is 0 Å². The van der Waals surface area contributed by atoms with Crippen molar-refractivity contribution in [2.75, 3.05) is 0 Å². The lowest BCUT2D eigenvalue weighted by Gasteiger charge is -1.97. The summed E-state index contributed by atoms with van der Waals surface area (Å²) in [6.45, 7) is 0. The van der Waals surface area contributed by atoms with Crippen LogP contribution in [0.4, 0.5) is 0 Å². The maximum Gasteiger partial charge on any atom is 0.0353 e. The molecule has 0 aliphatic heterocycles. The van der Waals surface area contributed by atoms with E-state index in [1.54, 1.807) is 12.4 Å². The molecule has 0 fully saturated rings. The first-order valence-corrected chi connectivity index (χ1v) is 3.84. The molecule has 0 saturated carbocycles. The molecule has 0 saturated heterocycles. The summed E-state index contributed by atoms with van der Waals surface area (Å²) in [5, 5.41) is 0. The summed E-state index contributed by atoms with van der Waals surface area (Å²) < 4.78 is 0. The smallest absolute Gasteiger partial charge is 0.0353 e. The average molecular weight is 154 g/mol. The third kappa shape index (κ3) is 1.35. The Bertz CT molecular complexity index is 302. The highest BCUT2D eigenvalue weighted by Crippen LogP contribution is 2.15. The third-order valence-corrected chi connectivity index (χ3v) is 1.71. The number of nitrogens with zero attached hydrogens (tertiary/aromatic N) is 1. The van der Waals surface area contributed by atoms with Crippen molar-refractivity contribution in [2.24, 2.45) is 0 Å². The molecule has 57 valence electrons. The topological polar surface area (TPSA) is 12.9 Å². The summed E-state index contributed by atoms with van der Waals surface area (Å²) >= 11 is 0. The molecular formula is C11H8N. The van der Waals surface area contributed by atoms with E-state index >= 15 is 0 Å². The monoisotopic (exact) mass is 154 g/mol. The van der Waals surface area contributed by atoms with Crippen LogP contribution in [0.5, 0.6) is 0 Å². The van der Waals surface area contributed by atoms with Crippen LogP contribution >= 0.6 is 0 Å². The Labute approximate surface area is 71.7 Å². The van der Waals surface area contributed by atoms with Gasteiger partial charge in [-0.15, -0.1) is 0 Å². The summed E-state index contributed by atoms with van der Waals surface area (Å²) in [5.41, 5.74) is 2.27. The number of benzene rings is 1. The molecule has 1 aromatic heterocycles. The molecule has 1 aromatic carbocycles. The maximum atomic E-state index is 3.92. The Kier molecular flexibility index (Phi) is 1.87. The van der Waals surface area contributed by atoms with Gasteiger partial charge in [0.1, 0.15) is 0 Å². The van der Waals surface area contributed by atoms with Crippen LogP contribution in [0.1, 0.15) is 0 Å². The second-order valence-electron chi connectivity index (χ2n) is 2.52. The predicted octanol–water partition coefficient (Wildman–Crippen LogP) is 2.55. The van der Waals surface area contributed by atoms with Crippen molar-refractivity contribution < 1.29 is 0 Å². The third-order valence-electron chi connectivity index (χ3n) is 1.71. The van der Waals surface area contributed by atoms with Gasteiger partial charge in [-0.2, -0.15) is 0 Å². The summed E-state index contributed by atoms with van der Waals surface area (Å²) in [5.74, 6) is 0. The molecule has 1 heterocycles. The molecule has 1 nitrogen and oxygen atoms in total. The molecule has 12 heavy (non-hydrogen) atoms.